The first-order chi connectivity index (χ1) is 13.5. The Morgan fingerprint density at radius 2 is 1.82 bits per heavy atom. The zero-order valence-electron chi connectivity index (χ0n) is 16.0. The molecule has 3 rings (SSSR count). The maximum Gasteiger partial charge on any atom is 0.314 e. The van der Waals surface area contributed by atoms with Gasteiger partial charge in [0, 0.05) is 11.5 Å². The van der Waals surface area contributed by atoms with E-state index in [2.05, 4.69) is 9.98 Å². The summed E-state index contributed by atoms with van der Waals surface area (Å²) in [5, 5.41) is 10.3. The van der Waals surface area contributed by atoms with Crippen LogP contribution >= 0.6 is 11.8 Å². The molecule has 2 aromatic rings. The van der Waals surface area contributed by atoms with Gasteiger partial charge in [-0.1, -0.05) is 36.0 Å². The van der Waals surface area contributed by atoms with Gasteiger partial charge in [0.05, 0.1) is 20.3 Å². The van der Waals surface area contributed by atoms with Crippen LogP contribution in [0.15, 0.2) is 58.5 Å². The van der Waals surface area contributed by atoms with Crippen molar-refractivity contribution in [2.24, 2.45) is 15.9 Å². The summed E-state index contributed by atoms with van der Waals surface area (Å²) in [6.07, 6.45) is 0. The van der Waals surface area contributed by atoms with Gasteiger partial charge in [0.2, 0.25) is 0 Å². The molecule has 0 bridgehead atoms. The van der Waals surface area contributed by atoms with Crippen LogP contribution in [0.5, 0.6) is 11.5 Å². The highest BCUT2D eigenvalue weighted by Crippen LogP contribution is 2.35. The van der Waals surface area contributed by atoms with E-state index in [-0.39, 0.29) is 0 Å². The van der Waals surface area contributed by atoms with Crippen molar-refractivity contribution in [3.05, 3.63) is 59.7 Å². The molecule has 1 aliphatic heterocycles. The van der Waals surface area contributed by atoms with Crippen molar-refractivity contribution in [2.75, 3.05) is 14.2 Å². The van der Waals surface area contributed by atoms with Crippen LogP contribution in [0.1, 0.15) is 24.1 Å². The van der Waals surface area contributed by atoms with E-state index in [9.17, 15) is 9.90 Å². The van der Waals surface area contributed by atoms with Crippen molar-refractivity contribution >= 4 is 28.6 Å². The molecule has 0 saturated carbocycles. The standard InChI is InChI=1S/C21H22N2O4S/c1-13-18(20(24)25)19(15-5-4-6-17(11-15)27-3)23-21(22-13)28-12-14-7-9-16(26-2)10-8-14/h4-11,18-19H,12H2,1-3H3,(H,24,25). The number of hydrogen-bond donors (Lipinski definition) is 1. The van der Waals surface area contributed by atoms with Crippen LogP contribution in [-0.2, 0) is 10.5 Å². The van der Waals surface area contributed by atoms with Gasteiger partial charge >= 0.3 is 5.97 Å². The van der Waals surface area contributed by atoms with Crippen LogP contribution in [0, 0.1) is 5.92 Å². The van der Waals surface area contributed by atoms with Gasteiger partial charge in [-0.05, 0) is 42.3 Å². The minimum Gasteiger partial charge on any atom is -0.497 e. The number of ether oxygens (including phenoxy) is 2. The first-order valence-corrected chi connectivity index (χ1v) is 9.76. The molecule has 2 unspecified atom stereocenters. The fourth-order valence-corrected chi connectivity index (χ4v) is 3.90. The molecule has 7 heteroatoms. The van der Waals surface area contributed by atoms with Crippen molar-refractivity contribution in [3.63, 3.8) is 0 Å². The second kappa shape index (κ2) is 8.93. The van der Waals surface area contributed by atoms with E-state index in [0.29, 0.717) is 22.4 Å². The molecule has 0 fully saturated rings. The number of methoxy groups -OCH3 is 2. The summed E-state index contributed by atoms with van der Waals surface area (Å²) in [5.74, 6) is 0.432. The first-order valence-electron chi connectivity index (χ1n) is 8.77. The third-order valence-corrected chi connectivity index (χ3v) is 5.45. The van der Waals surface area contributed by atoms with Crippen LogP contribution in [-0.4, -0.2) is 36.2 Å². The summed E-state index contributed by atoms with van der Waals surface area (Å²) < 4.78 is 10.5. The van der Waals surface area contributed by atoms with Crippen molar-refractivity contribution < 1.29 is 19.4 Å². The summed E-state index contributed by atoms with van der Waals surface area (Å²) in [5.41, 5.74) is 2.45. The Morgan fingerprint density at radius 3 is 2.46 bits per heavy atom. The molecule has 1 heterocycles. The predicted octanol–water partition coefficient (Wildman–Crippen LogP) is 4.21. The van der Waals surface area contributed by atoms with E-state index < -0.39 is 17.9 Å². The Hall–Kier alpha value is -2.80. The van der Waals surface area contributed by atoms with Gasteiger partial charge in [0.15, 0.2) is 5.17 Å². The van der Waals surface area contributed by atoms with Gasteiger partial charge in [-0.2, -0.15) is 0 Å². The summed E-state index contributed by atoms with van der Waals surface area (Å²) in [6, 6.07) is 14.6. The molecular formula is C21H22N2O4S. The molecule has 0 saturated heterocycles. The first kappa shape index (κ1) is 19.9. The summed E-state index contributed by atoms with van der Waals surface area (Å²) >= 11 is 1.49. The Balaban J connectivity index is 1.84. The van der Waals surface area contributed by atoms with E-state index in [1.165, 1.54) is 11.8 Å². The van der Waals surface area contributed by atoms with Gasteiger partial charge in [-0.25, -0.2) is 4.99 Å². The second-order valence-electron chi connectivity index (χ2n) is 6.34. The lowest BCUT2D eigenvalue weighted by Gasteiger charge is -2.25. The maximum absolute atomic E-state index is 11.8. The van der Waals surface area contributed by atoms with Crippen LogP contribution < -0.4 is 9.47 Å². The largest absolute Gasteiger partial charge is 0.497 e. The molecular weight excluding hydrogens is 376 g/mol. The van der Waals surface area contributed by atoms with E-state index in [1.807, 2.05) is 48.5 Å². The van der Waals surface area contributed by atoms with Gasteiger partial charge in [0.25, 0.3) is 0 Å². The van der Waals surface area contributed by atoms with Gasteiger partial charge in [-0.3, -0.25) is 9.79 Å². The highest BCUT2D eigenvalue weighted by molar-refractivity contribution is 8.13. The number of carbonyl (C=O) groups is 1. The van der Waals surface area contributed by atoms with E-state index >= 15 is 0 Å². The molecule has 0 aromatic heterocycles. The molecule has 6 nitrogen and oxygen atoms in total. The van der Waals surface area contributed by atoms with Crippen molar-refractivity contribution in [1.82, 2.24) is 0 Å². The van der Waals surface area contributed by atoms with Crippen molar-refractivity contribution in [3.8, 4) is 11.5 Å². The highest BCUT2D eigenvalue weighted by atomic mass is 32.2. The third kappa shape index (κ3) is 4.54. The van der Waals surface area contributed by atoms with E-state index in [1.54, 1.807) is 21.1 Å². The second-order valence-corrected chi connectivity index (χ2v) is 7.28. The quantitative estimate of drug-likeness (QED) is 0.788. The van der Waals surface area contributed by atoms with Crippen LogP contribution in [0.3, 0.4) is 0 Å². The number of amidine groups is 1. The highest BCUT2D eigenvalue weighted by Gasteiger charge is 2.35. The summed E-state index contributed by atoms with van der Waals surface area (Å²) in [4.78, 5) is 21.0. The topological polar surface area (TPSA) is 80.5 Å². The Morgan fingerprint density at radius 1 is 1.11 bits per heavy atom. The van der Waals surface area contributed by atoms with Crippen molar-refractivity contribution in [1.29, 1.82) is 0 Å². The number of carboxylic acids is 1. The molecule has 28 heavy (non-hydrogen) atoms. The van der Waals surface area contributed by atoms with Crippen LogP contribution in [0.25, 0.3) is 0 Å². The number of rotatable bonds is 6. The molecule has 1 aliphatic rings. The van der Waals surface area contributed by atoms with Gasteiger partial charge in [-0.15, -0.1) is 0 Å². The average Bonchev–Trinajstić information content (AvgIpc) is 2.71. The molecule has 2 atom stereocenters. The van der Waals surface area contributed by atoms with Crippen molar-refractivity contribution in [2.45, 2.75) is 18.7 Å². The number of nitrogens with zero attached hydrogens (tertiary/aromatic N) is 2. The zero-order valence-corrected chi connectivity index (χ0v) is 16.8. The number of thioether (sulfide) groups is 1. The lowest BCUT2D eigenvalue weighted by Crippen LogP contribution is -2.31. The van der Waals surface area contributed by atoms with Gasteiger partial charge < -0.3 is 14.6 Å². The van der Waals surface area contributed by atoms with Crippen LogP contribution in [0.4, 0.5) is 0 Å². The Bertz CT molecular complexity index is 909. The molecule has 146 valence electrons. The SMILES string of the molecule is COc1ccc(CSC2=NC(c3cccc(OC)c3)C(C(=O)O)C(C)=N2)cc1. The minimum atomic E-state index is -0.933. The van der Waals surface area contributed by atoms with E-state index in [0.717, 1.165) is 16.9 Å². The molecule has 0 radical (unpaired) electrons. The fraction of sp³-hybridized carbons (Fsp3) is 0.286. The molecule has 1 N–H and O–H groups in total. The fourth-order valence-electron chi connectivity index (χ4n) is 3.02. The number of hydrogen-bond acceptors (Lipinski definition) is 6. The van der Waals surface area contributed by atoms with Gasteiger partial charge in [0.1, 0.15) is 17.4 Å². The number of benzene rings is 2. The zero-order chi connectivity index (χ0) is 20.1. The number of carboxylic acid groups (broad SMARTS) is 1. The van der Waals surface area contributed by atoms with Crippen LogP contribution in [0.2, 0.25) is 0 Å². The lowest BCUT2D eigenvalue weighted by atomic mass is 9.89. The average molecular weight is 398 g/mol. The minimum absolute atomic E-state index is 0.538. The molecule has 0 spiro atoms. The Kier molecular flexibility index (Phi) is 6.36. The third-order valence-electron chi connectivity index (χ3n) is 4.52. The predicted molar refractivity (Wildman–Crippen MR) is 112 cm³/mol. The van der Waals surface area contributed by atoms with E-state index in [4.69, 9.17) is 9.47 Å². The monoisotopic (exact) mass is 398 g/mol. The number of aliphatic carboxylic acids is 1. The maximum atomic E-state index is 11.8. The summed E-state index contributed by atoms with van der Waals surface area (Å²) in [6.45, 7) is 1.74. The number of aliphatic imine (C=N–C) groups is 2. The summed E-state index contributed by atoms with van der Waals surface area (Å²) in [7, 11) is 3.22. The Labute approximate surface area is 168 Å². The molecule has 0 amide bonds. The normalized spacial score (nSPS) is 18.8. The lowest BCUT2D eigenvalue weighted by molar-refractivity contribution is -0.140. The molecule has 0 aliphatic carbocycles. The molecule has 2 aromatic carbocycles. The smallest absolute Gasteiger partial charge is 0.314 e.